The van der Waals surface area contributed by atoms with Crippen molar-refractivity contribution < 1.29 is 23.9 Å². The molecule has 112 valence electrons. The third-order valence-electron chi connectivity index (χ3n) is 3.52. The van der Waals surface area contributed by atoms with E-state index in [1.54, 1.807) is 12.0 Å². The van der Waals surface area contributed by atoms with Gasteiger partial charge < -0.3 is 19.7 Å². The minimum Gasteiger partial charge on any atom is -0.382 e. The van der Waals surface area contributed by atoms with Crippen molar-refractivity contribution in [2.75, 3.05) is 40.0 Å². The molecule has 2 rings (SSSR count). The predicted molar refractivity (Wildman–Crippen MR) is 67.9 cm³/mol. The third-order valence-corrected chi connectivity index (χ3v) is 3.52. The summed E-state index contributed by atoms with van der Waals surface area (Å²) in [4.78, 5) is 36.7. The zero-order valence-electron chi connectivity index (χ0n) is 11.4. The largest absolute Gasteiger partial charge is 0.382 e. The van der Waals surface area contributed by atoms with Crippen LogP contribution in [0.2, 0.25) is 0 Å². The number of piperidine rings is 1. The Balaban J connectivity index is 1.88. The van der Waals surface area contributed by atoms with E-state index >= 15 is 0 Å². The number of ether oxygens (including phenoxy) is 2. The average Bonchev–Trinajstić information content (AvgIpc) is 2.68. The number of imide groups is 1. The zero-order chi connectivity index (χ0) is 14.6. The van der Waals surface area contributed by atoms with Crippen LogP contribution in [0.4, 0.5) is 4.79 Å². The van der Waals surface area contributed by atoms with Gasteiger partial charge in [0, 0.05) is 13.7 Å². The lowest BCUT2D eigenvalue weighted by Crippen LogP contribution is -2.60. The number of rotatable bonds is 5. The first-order valence-corrected chi connectivity index (χ1v) is 6.55. The molecule has 2 aliphatic heterocycles. The summed E-state index contributed by atoms with van der Waals surface area (Å²) < 4.78 is 10.0. The highest BCUT2D eigenvalue weighted by Gasteiger charge is 2.49. The van der Waals surface area contributed by atoms with Crippen LogP contribution in [-0.2, 0) is 19.1 Å². The molecule has 0 bridgehead atoms. The van der Waals surface area contributed by atoms with Crippen molar-refractivity contribution in [3.63, 3.8) is 0 Å². The molecule has 2 heterocycles. The summed E-state index contributed by atoms with van der Waals surface area (Å²) >= 11 is 0. The van der Waals surface area contributed by atoms with Crippen molar-refractivity contribution in [3.05, 3.63) is 0 Å². The Labute approximate surface area is 116 Å². The van der Waals surface area contributed by atoms with Gasteiger partial charge in [-0.2, -0.15) is 0 Å². The first-order chi connectivity index (χ1) is 9.57. The number of nitrogens with zero attached hydrogens (tertiary/aromatic N) is 1. The summed E-state index contributed by atoms with van der Waals surface area (Å²) in [5.41, 5.74) is -0.975. The molecule has 8 nitrogen and oxygen atoms in total. The van der Waals surface area contributed by atoms with Crippen molar-refractivity contribution in [2.24, 2.45) is 0 Å². The summed E-state index contributed by atoms with van der Waals surface area (Å²) in [5.74, 6) is -0.547. The third kappa shape index (κ3) is 3.07. The molecule has 0 aromatic carbocycles. The lowest BCUT2D eigenvalue weighted by molar-refractivity contribution is -0.140. The highest BCUT2D eigenvalue weighted by atomic mass is 16.5. The topological polar surface area (TPSA) is 97.0 Å². The maximum absolute atomic E-state index is 12.0. The second kappa shape index (κ2) is 6.19. The van der Waals surface area contributed by atoms with Crippen molar-refractivity contribution in [1.29, 1.82) is 0 Å². The van der Waals surface area contributed by atoms with Crippen LogP contribution in [-0.4, -0.2) is 68.3 Å². The maximum Gasteiger partial charge on any atom is 0.322 e. The molecule has 2 fully saturated rings. The summed E-state index contributed by atoms with van der Waals surface area (Å²) in [5, 5.41) is 4.85. The summed E-state index contributed by atoms with van der Waals surface area (Å²) in [6.45, 7) is 1.48. The Hall–Kier alpha value is -1.67. The zero-order valence-corrected chi connectivity index (χ0v) is 11.4. The molecule has 2 N–H and O–H groups in total. The molecular formula is C12H19N3O5. The molecule has 8 heteroatoms. The van der Waals surface area contributed by atoms with Gasteiger partial charge in [0.05, 0.1) is 19.8 Å². The number of carbonyl (C=O) groups excluding carboxylic acids is 3. The number of methoxy groups -OCH3 is 1. The molecule has 0 aliphatic carbocycles. The van der Waals surface area contributed by atoms with Crippen molar-refractivity contribution in [2.45, 2.75) is 18.4 Å². The molecule has 4 amide bonds. The fourth-order valence-corrected chi connectivity index (χ4v) is 2.48. The monoisotopic (exact) mass is 285 g/mol. The van der Waals surface area contributed by atoms with Gasteiger partial charge in [-0.05, 0) is 12.8 Å². The Morgan fingerprint density at radius 3 is 2.85 bits per heavy atom. The minimum atomic E-state index is -0.975. The van der Waals surface area contributed by atoms with Gasteiger partial charge in [-0.15, -0.1) is 0 Å². The first kappa shape index (κ1) is 14.7. The van der Waals surface area contributed by atoms with E-state index in [1.807, 2.05) is 0 Å². The van der Waals surface area contributed by atoms with Crippen LogP contribution in [0.15, 0.2) is 0 Å². The van der Waals surface area contributed by atoms with Gasteiger partial charge in [0.1, 0.15) is 12.1 Å². The van der Waals surface area contributed by atoms with Crippen LogP contribution in [0.5, 0.6) is 0 Å². The fraction of sp³-hybridized carbons (Fsp3) is 0.750. The van der Waals surface area contributed by atoms with Gasteiger partial charge in [-0.3, -0.25) is 14.9 Å². The smallest absolute Gasteiger partial charge is 0.322 e. The van der Waals surface area contributed by atoms with Gasteiger partial charge >= 0.3 is 6.03 Å². The normalized spacial score (nSPS) is 25.8. The van der Waals surface area contributed by atoms with E-state index in [0.717, 1.165) is 0 Å². The number of hydrogen-bond acceptors (Lipinski definition) is 5. The van der Waals surface area contributed by atoms with Crippen LogP contribution >= 0.6 is 0 Å². The van der Waals surface area contributed by atoms with Crippen molar-refractivity contribution in [1.82, 2.24) is 15.5 Å². The van der Waals surface area contributed by atoms with Crippen LogP contribution < -0.4 is 10.6 Å². The lowest BCUT2D eigenvalue weighted by Gasteiger charge is -2.37. The predicted octanol–water partition coefficient (Wildman–Crippen LogP) is -1.15. The van der Waals surface area contributed by atoms with Crippen LogP contribution in [0.1, 0.15) is 12.8 Å². The van der Waals surface area contributed by atoms with Crippen LogP contribution in [0.25, 0.3) is 0 Å². The minimum absolute atomic E-state index is 0.0466. The Kier molecular flexibility index (Phi) is 4.56. The molecule has 1 atom stereocenters. The summed E-state index contributed by atoms with van der Waals surface area (Å²) in [7, 11) is 1.56. The van der Waals surface area contributed by atoms with Crippen molar-refractivity contribution in [3.8, 4) is 0 Å². The molecule has 1 unspecified atom stereocenters. The SMILES string of the molecule is COCCOCC(=O)N1CCCC2(C1)NC(=O)NC2=O. The number of hydrogen-bond donors (Lipinski definition) is 2. The Morgan fingerprint density at radius 1 is 1.40 bits per heavy atom. The van der Waals surface area contributed by atoms with Gasteiger partial charge in [0.15, 0.2) is 0 Å². The van der Waals surface area contributed by atoms with Crippen LogP contribution in [0, 0.1) is 0 Å². The van der Waals surface area contributed by atoms with Crippen molar-refractivity contribution >= 4 is 17.8 Å². The molecule has 2 aliphatic rings. The maximum atomic E-state index is 12.0. The van der Waals surface area contributed by atoms with E-state index in [2.05, 4.69) is 10.6 Å². The number of likely N-dealkylation sites (tertiary alicyclic amines) is 1. The van der Waals surface area contributed by atoms with E-state index < -0.39 is 11.6 Å². The molecule has 0 saturated carbocycles. The quantitative estimate of drug-likeness (QED) is 0.491. The van der Waals surface area contributed by atoms with E-state index in [1.165, 1.54) is 0 Å². The molecule has 2 saturated heterocycles. The summed E-state index contributed by atoms with van der Waals surface area (Å²) in [6.07, 6.45) is 1.20. The van der Waals surface area contributed by atoms with Gasteiger partial charge in [0.25, 0.3) is 5.91 Å². The molecular weight excluding hydrogens is 266 g/mol. The highest BCUT2D eigenvalue weighted by molar-refractivity contribution is 6.07. The highest BCUT2D eigenvalue weighted by Crippen LogP contribution is 2.24. The van der Waals surface area contributed by atoms with E-state index in [9.17, 15) is 14.4 Å². The number of urea groups is 1. The second-order valence-electron chi connectivity index (χ2n) is 4.95. The average molecular weight is 285 g/mol. The number of carbonyl (C=O) groups is 3. The van der Waals surface area contributed by atoms with E-state index in [0.29, 0.717) is 32.6 Å². The Bertz CT molecular complexity index is 414. The lowest BCUT2D eigenvalue weighted by atomic mass is 9.89. The number of amides is 4. The molecule has 1 spiro atoms. The van der Waals surface area contributed by atoms with Gasteiger partial charge in [-0.25, -0.2) is 4.79 Å². The van der Waals surface area contributed by atoms with E-state index in [4.69, 9.17) is 9.47 Å². The first-order valence-electron chi connectivity index (χ1n) is 6.55. The summed E-state index contributed by atoms with van der Waals surface area (Å²) in [6, 6.07) is -0.499. The fourth-order valence-electron chi connectivity index (χ4n) is 2.48. The standard InChI is InChI=1S/C12H19N3O5/c1-19-5-6-20-7-9(16)15-4-2-3-12(8-15)10(17)13-11(18)14-12/h2-8H2,1H3,(H2,13,14,17,18). The van der Waals surface area contributed by atoms with Crippen LogP contribution in [0.3, 0.4) is 0 Å². The molecule has 0 aromatic heterocycles. The number of nitrogens with one attached hydrogen (secondary N) is 2. The van der Waals surface area contributed by atoms with Gasteiger partial charge in [0.2, 0.25) is 5.91 Å². The van der Waals surface area contributed by atoms with Gasteiger partial charge in [-0.1, -0.05) is 0 Å². The molecule has 0 aromatic rings. The second-order valence-corrected chi connectivity index (χ2v) is 4.95. The Morgan fingerprint density at radius 2 is 2.20 bits per heavy atom. The van der Waals surface area contributed by atoms with E-state index in [-0.39, 0.29) is 25.0 Å². The molecule has 0 radical (unpaired) electrons. The molecule has 20 heavy (non-hydrogen) atoms.